The molecule has 0 aromatic carbocycles. The average Bonchev–Trinajstić information content (AvgIpc) is 2.88. The van der Waals surface area contributed by atoms with Crippen molar-refractivity contribution < 1.29 is 9.26 Å². The van der Waals surface area contributed by atoms with E-state index in [4.69, 9.17) is 15.1 Å². The molecule has 0 unspecified atom stereocenters. The first kappa shape index (κ1) is 13.9. The largest absolute Gasteiger partial charge is 0.463 e. The van der Waals surface area contributed by atoms with Crippen molar-refractivity contribution >= 4 is 11.9 Å². The van der Waals surface area contributed by atoms with Crippen LogP contribution in [0.3, 0.4) is 0 Å². The number of hydrazine groups is 1. The van der Waals surface area contributed by atoms with Crippen molar-refractivity contribution in [3.8, 4) is 6.01 Å². The van der Waals surface area contributed by atoms with Crippen LogP contribution in [0.25, 0.3) is 0 Å². The topological polar surface area (TPSA) is 137 Å². The Kier molecular flexibility index (Phi) is 4.60. The number of hydrogen-bond donors (Lipinski definition) is 3. The molecule has 0 saturated heterocycles. The van der Waals surface area contributed by atoms with Crippen LogP contribution in [-0.2, 0) is 6.54 Å². The second-order valence-electron chi connectivity index (χ2n) is 3.84. The van der Waals surface area contributed by atoms with E-state index in [0.717, 1.165) is 6.42 Å². The summed E-state index contributed by atoms with van der Waals surface area (Å²) in [5.41, 5.74) is 2.35. The molecule has 0 aliphatic heterocycles. The molecular weight excluding hydrogens is 264 g/mol. The molecule has 0 bridgehead atoms. The van der Waals surface area contributed by atoms with E-state index in [1.165, 1.54) is 0 Å². The SMILES string of the molecule is CCCOc1nc(NN)nc(NCc2noc(C)n2)n1. The summed E-state index contributed by atoms with van der Waals surface area (Å²) in [4.78, 5) is 16.2. The lowest BCUT2D eigenvalue weighted by Gasteiger charge is -2.07. The molecule has 4 N–H and O–H groups in total. The zero-order valence-electron chi connectivity index (χ0n) is 11.3. The zero-order chi connectivity index (χ0) is 14.4. The zero-order valence-corrected chi connectivity index (χ0v) is 11.3. The van der Waals surface area contributed by atoms with Crippen LogP contribution in [0.4, 0.5) is 11.9 Å². The molecule has 0 aliphatic rings. The number of rotatable bonds is 7. The molecular formula is C10H16N8O2. The normalized spacial score (nSPS) is 10.3. The van der Waals surface area contributed by atoms with Crippen molar-refractivity contribution in [2.75, 3.05) is 17.3 Å². The Morgan fingerprint density at radius 3 is 2.65 bits per heavy atom. The third-order valence-corrected chi connectivity index (χ3v) is 2.15. The van der Waals surface area contributed by atoms with Gasteiger partial charge in [0.25, 0.3) is 0 Å². The van der Waals surface area contributed by atoms with Crippen LogP contribution < -0.4 is 21.3 Å². The van der Waals surface area contributed by atoms with E-state index in [2.05, 4.69) is 35.8 Å². The number of ether oxygens (including phenoxy) is 1. The van der Waals surface area contributed by atoms with Gasteiger partial charge in [-0.15, -0.1) is 0 Å². The van der Waals surface area contributed by atoms with Gasteiger partial charge in [0.05, 0.1) is 13.2 Å². The van der Waals surface area contributed by atoms with Crippen molar-refractivity contribution in [3.05, 3.63) is 11.7 Å². The number of aryl methyl sites for hydroxylation is 1. The van der Waals surface area contributed by atoms with Crippen LogP contribution in [0, 0.1) is 6.92 Å². The molecule has 0 radical (unpaired) electrons. The van der Waals surface area contributed by atoms with Crippen LogP contribution in [0.5, 0.6) is 6.01 Å². The van der Waals surface area contributed by atoms with Crippen molar-refractivity contribution in [2.24, 2.45) is 5.84 Å². The summed E-state index contributed by atoms with van der Waals surface area (Å²) >= 11 is 0. The number of nitrogens with two attached hydrogens (primary N) is 1. The molecule has 0 aliphatic carbocycles. The maximum absolute atomic E-state index is 5.35. The molecule has 0 fully saturated rings. The van der Waals surface area contributed by atoms with E-state index < -0.39 is 0 Å². The van der Waals surface area contributed by atoms with Gasteiger partial charge in [-0.3, -0.25) is 5.43 Å². The van der Waals surface area contributed by atoms with Crippen molar-refractivity contribution in [1.29, 1.82) is 0 Å². The fraction of sp³-hybridized carbons (Fsp3) is 0.500. The van der Waals surface area contributed by atoms with E-state index in [1.54, 1.807) is 6.92 Å². The van der Waals surface area contributed by atoms with Crippen molar-refractivity contribution in [2.45, 2.75) is 26.8 Å². The first-order chi connectivity index (χ1) is 9.71. The minimum Gasteiger partial charge on any atom is -0.463 e. The summed E-state index contributed by atoms with van der Waals surface area (Å²) in [5, 5.41) is 6.70. The smallest absolute Gasteiger partial charge is 0.323 e. The average molecular weight is 280 g/mol. The predicted octanol–water partition coefficient (Wildman–Crippen LogP) is 0.250. The maximum atomic E-state index is 5.35. The lowest BCUT2D eigenvalue weighted by Crippen LogP contribution is -2.15. The third kappa shape index (κ3) is 3.75. The van der Waals surface area contributed by atoms with Crippen LogP contribution in [0.2, 0.25) is 0 Å². The summed E-state index contributed by atoms with van der Waals surface area (Å²) in [6, 6.07) is 0.196. The number of nitrogens with one attached hydrogen (secondary N) is 2. The third-order valence-electron chi connectivity index (χ3n) is 2.15. The molecule has 0 atom stereocenters. The minimum absolute atomic E-state index is 0.196. The molecule has 10 nitrogen and oxygen atoms in total. The van der Waals surface area contributed by atoms with E-state index in [0.29, 0.717) is 30.8 Å². The van der Waals surface area contributed by atoms with E-state index in [1.807, 2.05) is 6.92 Å². The first-order valence-corrected chi connectivity index (χ1v) is 6.09. The maximum Gasteiger partial charge on any atom is 0.323 e. The molecule has 0 amide bonds. The van der Waals surface area contributed by atoms with Gasteiger partial charge in [-0.2, -0.15) is 19.9 Å². The Morgan fingerprint density at radius 1 is 1.20 bits per heavy atom. The lowest BCUT2D eigenvalue weighted by molar-refractivity contribution is 0.292. The van der Waals surface area contributed by atoms with Crippen molar-refractivity contribution in [1.82, 2.24) is 25.1 Å². The lowest BCUT2D eigenvalue weighted by atomic mass is 10.5. The molecule has 2 heterocycles. The Hall–Kier alpha value is -2.49. The number of anilines is 2. The first-order valence-electron chi connectivity index (χ1n) is 6.09. The van der Waals surface area contributed by atoms with Gasteiger partial charge in [0.1, 0.15) is 0 Å². The van der Waals surface area contributed by atoms with E-state index in [-0.39, 0.29) is 12.0 Å². The molecule has 0 saturated carbocycles. The van der Waals surface area contributed by atoms with Gasteiger partial charge >= 0.3 is 6.01 Å². The second-order valence-corrected chi connectivity index (χ2v) is 3.84. The molecule has 108 valence electrons. The molecule has 2 aromatic heterocycles. The Balaban J connectivity index is 2.05. The van der Waals surface area contributed by atoms with E-state index >= 15 is 0 Å². The minimum atomic E-state index is 0.196. The summed E-state index contributed by atoms with van der Waals surface area (Å²) < 4.78 is 10.2. The Morgan fingerprint density at radius 2 is 2.00 bits per heavy atom. The van der Waals surface area contributed by atoms with Crippen LogP contribution in [0.1, 0.15) is 25.1 Å². The summed E-state index contributed by atoms with van der Waals surface area (Å²) in [6.45, 7) is 4.53. The quantitative estimate of drug-likeness (QED) is 0.478. The van der Waals surface area contributed by atoms with Gasteiger partial charge in [0.15, 0.2) is 5.82 Å². The van der Waals surface area contributed by atoms with E-state index in [9.17, 15) is 0 Å². The number of nitrogens with zero attached hydrogens (tertiary/aromatic N) is 5. The van der Waals surface area contributed by atoms with Gasteiger partial charge in [-0.05, 0) is 6.42 Å². The standard InChI is InChI=1S/C10H16N8O2/c1-3-4-19-10-15-8(14-9(16-10)17-11)12-5-7-13-6(2)20-18-7/h3-5,11H2,1-2H3,(H2,12,14,15,16,17). The van der Waals surface area contributed by atoms with Crippen LogP contribution in [-0.4, -0.2) is 31.7 Å². The predicted molar refractivity (Wildman–Crippen MR) is 69.8 cm³/mol. The molecule has 0 spiro atoms. The highest BCUT2D eigenvalue weighted by atomic mass is 16.5. The fourth-order valence-electron chi connectivity index (χ4n) is 1.33. The Labute approximate surface area is 115 Å². The van der Waals surface area contributed by atoms with Gasteiger partial charge < -0.3 is 14.6 Å². The highest BCUT2D eigenvalue weighted by Crippen LogP contribution is 2.11. The molecule has 10 heteroatoms. The van der Waals surface area contributed by atoms with Gasteiger partial charge in [-0.25, -0.2) is 5.84 Å². The summed E-state index contributed by atoms with van der Waals surface area (Å²) in [7, 11) is 0. The number of nitrogen functional groups attached to an aromatic ring is 1. The van der Waals surface area contributed by atoms with Gasteiger partial charge in [-0.1, -0.05) is 12.1 Å². The highest BCUT2D eigenvalue weighted by Gasteiger charge is 2.08. The second kappa shape index (κ2) is 6.61. The molecule has 2 aromatic rings. The molecule has 20 heavy (non-hydrogen) atoms. The van der Waals surface area contributed by atoms with Gasteiger partial charge in [0.2, 0.25) is 17.8 Å². The fourth-order valence-corrected chi connectivity index (χ4v) is 1.33. The van der Waals surface area contributed by atoms with Crippen LogP contribution >= 0.6 is 0 Å². The Bertz CT molecular complexity index is 558. The summed E-state index contributed by atoms with van der Waals surface area (Å²) in [5.74, 6) is 6.81. The number of hydrogen-bond acceptors (Lipinski definition) is 10. The highest BCUT2D eigenvalue weighted by molar-refractivity contribution is 5.34. The van der Waals surface area contributed by atoms with Crippen molar-refractivity contribution in [3.63, 3.8) is 0 Å². The summed E-state index contributed by atoms with van der Waals surface area (Å²) in [6.07, 6.45) is 0.849. The monoisotopic (exact) mass is 280 g/mol. The number of aromatic nitrogens is 5. The van der Waals surface area contributed by atoms with Crippen LogP contribution in [0.15, 0.2) is 4.52 Å². The molecule has 2 rings (SSSR count). The van der Waals surface area contributed by atoms with Gasteiger partial charge in [0, 0.05) is 6.92 Å².